The van der Waals surface area contributed by atoms with Crippen molar-refractivity contribution >= 4 is 44.0 Å². The molecule has 2 rings (SSSR count). The number of aryl methyl sites for hydroxylation is 1. The van der Waals surface area contributed by atoms with Gasteiger partial charge in [0, 0.05) is 5.69 Å². The predicted octanol–water partition coefficient (Wildman–Crippen LogP) is 3.05. The average Bonchev–Trinajstić information content (AvgIpc) is 2.67. The summed E-state index contributed by atoms with van der Waals surface area (Å²) in [7, 11) is 0. The third-order valence-corrected chi connectivity index (χ3v) is 3.54. The molecule has 0 bridgehead atoms. The Morgan fingerprint density at radius 2 is 2.29 bits per heavy atom. The molecule has 1 heterocycles. The summed E-state index contributed by atoms with van der Waals surface area (Å²) in [5.41, 5.74) is 7.68. The van der Waals surface area contributed by atoms with Crippen LogP contribution in [-0.2, 0) is 0 Å². The van der Waals surface area contributed by atoms with Gasteiger partial charge in [0.25, 0.3) is 5.91 Å². The van der Waals surface area contributed by atoms with E-state index in [1.165, 1.54) is 11.3 Å². The van der Waals surface area contributed by atoms with Crippen LogP contribution in [-0.4, -0.2) is 10.9 Å². The first-order chi connectivity index (χ1) is 8.06. The van der Waals surface area contributed by atoms with Gasteiger partial charge in [0.1, 0.15) is 0 Å². The number of nitrogens with zero attached hydrogens (tertiary/aromatic N) is 1. The maximum absolute atomic E-state index is 12.0. The minimum atomic E-state index is -0.243. The number of nitrogens with two attached hydrogens (primary N) is 1. The maximum atomic E-state index is 12.0. The summed E-state index contributed by atoms with van der Waals surface area (Å²) in [6, 6.07) is 5.35. The number of nitrogens with one attached hydrogen (secondary N) is 1. The molecule has 2 aromatic rings. The number of anilines is 2. The van der Waals surface area contributed by atoms with Crippen molar-refractivity contribution in [2.24, 2.45) is 0 Å². The average molecular weight is 312 g/mol. The summed E-state index contributed by atoms with van der Waals surface area (Å²) in [5.74, 6) is -0.243. The van der Waals surface area contributed by atoms with Crippen LogP contribution in [0, 0.1) is 6.92 Å². The highest BCUT2D eigenvalue weighted by atomic mass is 79.9. The third-order valence-electron chi connectivity index (χ3n) is 2.15. The lowest BCUT2D eigenvalue weighted by Gasteiger charge is -2.06. The zero-order valence-electron chi connectivity index (χ0n) is 9.03. The monoisotopic (exact) mass is 311 g/mol. The molecule has 1 amide bonds. The number of amides is 1. The molecule has 17 heavy (non-hydrogen) atoms. The number of hydrogen-bond acceptors (Lipinski definition) is 4. The number of thiazole rings is 1. The van der Waals surface area contributed by atoms with Crippen molar-refractivity contribution in [1.29, 1.82) is 0 Å². The fourth-order valence-corrected chi connectivity index (χ4v) is 2.45. The fraction of sp³-hybridized carbons (Fsp3) is 0.0909. The summed E-state index contributed by atoms with van der Waals surface area (Å²) in [4.78, 5) is 16.0. The quantitative estimate of drug-likeness (QED) is 0.838. The van der Waals surface area contributed by atoms with Gasteiger partial charge >= 0.3 is 0 Å². The van der Waals surface area contributed by atoms with Gasteiger partial charge in [-0.3, -0.25) is 10.1 Å². The van der Waals surface area contributed by atoms with E-state index in [0.717, 1.165) is 9.35 Å². The van der Waals surface area contributed by atoms with Crippen LogP contribution >= 0.6 is 27.3 Å². The van der Waals surface area contributed by atoms with Crippen LogP contribution in [0.1, 0.15) is 15.9 Å². The van der Waals surface area contributed by atoms with Gasteiger partial charge in [0.15, 0.2) is 5.13 Å². The van der Waals surface area contributed by atoms with Crippen LogP contribution in [0.3, 0.4) is 0 Å². The number of carbonyl (C=O) groups excluding carboxylic acids is 1. The Morgan fingerprint density at radius 1 is 1.53 bits per heavy atom. The van der Waals surface area contributed by atoms with E-state index in [4.69, 9.17) is 5.73 Å². The zero-order valence-corrected chi connectivity index (χ0v) is 11.4. The van der Waals surface area contributed by atoms with Crippen LogP contribution in [0.2, 0.25) is 0 Å². The lowest BCUT2D eigenvalue weighted by Crippen LogP contribution is -2.14. The number of halogens is 1. The van der Waals surface area contributed by atoms with Crippen molar-refractivity contribution in [3.63, 3.8) is 0 Å². The van der Waals surface area contributed by atoms with Gasteiger partial charge < -0.3 is 5.73 Å². The second-order valence-corrected chi connectivity index (χ2v) is 5.92. The molecule has 0 aliphatic heterocycles. The predicted molar refractivity (Wildman–Crippen MR) is 73.4 cm³/mol. The van der Waals surface area contributed by atoms with Gasteiger partial charge in [-0.05, 0) is 35.0 Å². The highest BCUT2D eigenvalue weighted by molar-refractivity contribution is 9.11. The highest BCUT2D eigenvalue weighted by Crippen LogP contribution is 2.24. The Hall–Kier alpha value is -1.40. The minimum absolute atomic E-state index is 0.243. The van der Waals surface area contributed by atoms with Crippen molar-refractivity contribution in [1.82, 2.24) is 4.98 Å². The number of hydrogen-bond donors (Lipinski definition) is 2. The minimum Gasteiger partial charge on any atom is -0.398 e. The van der Waals surface area contributed by atoms with Crippen molar-refractivity contribution in [2.45, 2.75) is 6.92 Å². The first kappa shape index (κ1) is 12.1. The lowest BCUT2D eigenvalue weighted by atomic mass is 10.1. The molecule has 1 aromatic heterocycles. The smallest absolute Gasteiger partial charge is 0.259 e. The van der Waals surface area contributed by atoms with Crippen LogP contribution in [0.4, 0.5) is 10.8 Å². The molecule has 0 aliphatic rings. The second-order valence-electron chi connectivity index (χ2n) is 3.51. The summed E-state index contributed by atoms with van der Waals surface area (Å²) in [6.45, 7) is 1.91. The molecule has 0 aliphatic carbocycles. The SMILES string of the molecule is Cc1ccc(N)c(C(=O)Nc2ncc(Br)s2)c1. The first-order valence-corrected chi connectivity index (χ1v) is 6.46. The molecular formula is C11H10BrN3OS. The lowest BCUT2D eigenvalue weighted by molar-refractivity contribution is 0.102. The van der Waals surface area contributed by atoms with Crippen molar-refractivity contribution in [3.05, 3.63) is 39.3 Å². The molecule has 1 aromatic carbocycles. The van der Waals surface area contributed by atoms with Crippen molar-refractivity contribution < 1.29 is 4.79 Å². The summed E-state index contributed by atoms with van der Waals surface area (Å²) in [5, 5.41) is 3.25. The van der Waals surface area contributed by atoms with Crippen LogP contribution < -0.4 is 11.1 Å². The number of benzene rings is 1. The number of rotatable bonds is 2. The van der Waals surface area contributed by atoms with Gasteiger partial charge in [-0.1, -0.05) is 23.0 Å². The van der Waals surface area contributed by atoms with Gasteiger partial charge in [0.2, 0.25) is 0 Å². The Kier molecular flexibility index (Phi) is 3.44. The standard InChI is InChI=1S/C11H10BrN3OS/c1-6-2-3-8(13)7(4-6)10(16)15-11-14-5-9(12)17-11/h2-5H,13H2,1H3,(H,14,15,16). The van der Waals surface area contributed by atoms with Gasteiger partial charge in [-0.25, -0.2) is 4.98 Å². The van der Waals surface area contributed by atoms with Gasteiger partial charge in [-0.15, -0.1) is 0 Å². The van der Waals surface area contributed by atoms with Crippen molar-refractivity contribution in [2.75, 3.05) is 11.1 Å². The normalized spacial score (nSPS) is 10.2. The number of carbonyl (C=O) groups is 1. The third kappa shape index (κ3) is 2.83. The molecule has 0 unspecified atom stereocenters. The Labute approximate surface area is 111 Å². The molecule has 0 fully saturated rings. The summed E-state index contributed by atoms with van der Waals surface area (Å²) in [6.07, 6.45) is 1.64. The van der Waals surface area contributed by atoms with Crippen LogP contribution in [0.5, 0.6) is 0 Å². The second kappa shape index (κ2) is 4.85. The van der Waals surface area contributed by atoms with E-state index in [9.17, 15) is 4.79 Å². The molecule has 88 valence electrons. The van der Waals surface area contributed by atoms with Crippen LogP contribution in [0.15, 0.2) is 28.2 Å². The molecule has 0 saturated carbocycles. The fourth-order valence-electron chi connectivity index (χ4n) is 1.34. The Balaban J connectivity index is 2.22. The van der Waals surface area contributed by atoms with E-state index in [1.54, 1.807) is 18.3 Å². The van der Waals surface area contributed by atoms with E-state index in [-0.39, 0.29) is 5.91 Å². The summed E-state index contributed by atoms with van der Waals surface area (Å²) < 4.78 is 0.866. The van der Waals surface area contributed by atoms with E-state index in [2.05, 4.69) is 26.2 Å². The van der Waals surface area contributed by atoms with E-state index in [0.29, 0.717) is 16.4 Å². The van der Waals surface area contributed by atoms with Crippen LogP contribution in [0.25, 0.3) is 0 Å². The topological polar surface area (TPSA) is 68.0 Å². The van der Waals surface area contributed by atoms with Gasteiger partial charge in [0.05, 0.1) is 15.5 Å². The zero-order chi connectivity index (χ0) is 12.4. The number of nitrogen functional groups attached to an aromatic ring is 1. The van der Waals surface area contributed by atoms with Crippen molar-refractivity contribution in [3.8, 4) is 0 Å². The first-order valence-electron chi connectivity index (χ1n) is 4.85. The Bertz CT molecular complexity index is 568. The van der Waals surface area contributed by atoms with E-state index < -0.39 is 0 Å². The molecular weight excluding hydrogens is 302 g/mol. The Morgan fingerprint density at radius 3 is 2.94 bits per heavy atom. The molecule has 0 saturated heterocycles. The number of aromatic nitrogens is 1. The molecule has 6 heteroatoms. The molecule has 0 atom stereocenters. The maximum Gasteiger partial charge on any atom is 0.259 e. The van der Waals surface area contributed by atoms with Gasteiger partial charge in [-0.2, -0.15) is 0 Å². The molecule has 0 spiro atoms. The summed E-state index contributed by atoms with van der Waals surface area (Å²) >= 11 is 4.64. The van der Waals surface area contributed by atoms with E-state index >= 15 is 0 Å². The van der Waals surface area contributed by atoms with E-state index in [1.807, 2.05) is 13.0 Å². The highest BCUT2D eigenvalue weighted by Gasteiger charge is 2.11. The molecule has 3 N–H and O–H groups in total. The largest absolute Gasteiger partial charge is 0.398 e. The molecule has 4 nitrogen and oxygen atoms in total. The molecule has 0 radical (unpaired) electrons.